The minimum Gasteiger partial charge on any atom is -0.480 e. The summed E-state index contributed by atoms with van der Waals surface area (Å²) in [6.07, 6.45) is 2.98. The summed E-state index contributed by atoms with van der Waals surface area (Å²) in [5.74, 6) is -1.36. The van der Waals surface area contributed by atoms with Crippen LogP contribution in [0, 0.1) is 6.92 Å². The van der Waals surface area contributed by atoms with Crippen molar-refractivity contribution in [3.63, 3.8) is 0 Å². The normalized spacial score (nSPS) is 10.7. The van der Waals surface area contributed by atoms with Gasteiger partial charge in [-0.25, -0.2) is 0 Å². The lowest BCUT2D eigenvalue weighted by molar-refractivity contribution is -0.142. The molecule has 1 aromatic carbocycles. The van der Waals surface area contributed by atoms with Gasteiger partial charge < -0.3 is 10.0 Å². The number of aryl methyl sites for hydroxylation is 1. The van der Waals surface area contributed by atoms with E-state index >= 15 is 0 Å². The molecular weight excluding hydrogens is 266 g/mol. The average molecular weight is 282 g/mol. The second kappa shape index (κ2) is 6.95. The van der Waals surface area contributed by atoms with Crippen LogP contribution in [-0.4, -0.2) is 35.0 Å². The van der Waals surface area contributed by atoms with Gasteiger partial charge >= 0.3 is 5.97 Å². The fourth-order valence-corrected chi connectivity index (χ4v) is 1.68. The average Bonchev–Trinajstić information content (AvgIpc) is 2.36. The predicted molar refractivity (Wildman–Crippen MR) is 75.1 cm³/mol. The molecule has 0 aliphatic heterocycles. The molecule has 0 aliphatic carbocycles. The molecule has 0 heterocycles. The number of hydrogen-bond donors (Lipinski definition) is 1. The number of aliphatic carboxylic acids is 1. The van der Waals surface area contributed by atoms with Crippen molar-refractivity contribution in [2.24, 2.45) is 0 Å². The highest BCUT2D eigenvalue weighted by atomic mass is 35.5. The van der Waals surface area contributed by atoms with Gasteiger partial charge in [0.25, 0.3) is 0 Å². The number of carbonyl (C=O) groups excluding carboxylic acids is 1. The summed E-state index contributed by atoms with van der Waals surface area (Å²) in [6.45, 7) is 3.68. The van der Waals surface area contributed by atoms with E-state index in [0.29, 0.717) is 11.6 Å². The second-order valence-corrected chi connectivity index (χ2v) is 4.50. The molecule has 0 radical (unpaired) electrons. The lowest BCUT2D eigenvalue weighted by Crippen LogP contribution is -2.34. The zero-order chi connectivity index (χ0) is 14.4. The van der Waals surface area contributed by atoms with Crippen molar-refractivity contribution in [2.75, 3.05) is 13.1 Å². The van der Waals surface area contributed by atoms with Crippen molar-refractivity contribution in [3.8, 4) is 0 Å². The maximum atomic E-state index is 11.8. The summed E-state index contributed by atoms with van der Waals surface area (Å²) >= 11 is 5.98. The van der Waals surface area contributed by atoms with E-state index in [0.717, 1.165) is 11.1 Å². The molecule has 102 valence electrons. The third-order valence-electron chi connectivity index (χ3n) is 2.63. The van der Waals surface area contributed by atoms with E-state index in [-0.39, 0.29) is 12.5 Å². The van der Waals surface area contributed by atoms with E-state index in [4.69, 9.17) is 16.7 Å². The predicted octanol–water partition coefficient (Wildman–Crippen LogP) is 2.59. The molecule has 0 aromatic heterocycles. The summed E-state index contributed by atoms with van der Waals surface area (Å²) in [4.78, 5) is 23.6. The Bertz CT molecular complexity index is 511. The molecule has 0 saturated carbocycles. The summed E-state index contributed by atoms with van der Waals surface area (Å²) in [5, 5.41) is 9.31. The van der Waals surface area contributed by atoms with Crippen LogP contribution in [-0.2, 0) is 9.59 Å². The molecule has 4 nitrogen and oxygen atoms in total. The smallest absolute Gasteiger partial charge is 0.323 e. The van der Waals surface area contributed by atoms with Crippen LogP contribution in [0.1, 0.15) is 18.1 Å². The SMILES string of the molecule is CCN(CC(=O)O)C(=O)/C=C/c1ccc(C)c(Cl)c1. The molecule has 0 bridgehead atoms. The molecular formula is C14H16ClNO3. The zero-order valence-electron chi connectivity index (χ0n) is 10.9. The molecule has 1 rings (SSSR count). The first kappa shape index (κ1) is 15.2. The van der Waals surface area contributed by atoms with Gasteiger partial charge in [0.1, 0.15) is 6.54 Å². The van der Waals surface area contributed by atoms with Crippen LogP contribution in [0.2, 0.25) is 5.02 Å². The Kier molecular flexibility index (Phi) is 5.57. The van der Waals surface area contributed by atoms with Gasteiger partial charge in [-0.1, -0.05) is 23.7 Å². The molecule has 1 amide bonds. The van der Waals surface area contributed by atoms with Gasteiger partial charge in [-0.15, -0.1) is 0 Å². The van der Waals surface area contributed by atoms with E-state index in [1.54, 1.807) is 19.1 Å². The highest BCUT2D eigenvalue weighted by Gasteiger charge is 2.11. The van der Waals surface area contributed by atoms with Gasteiger partial charge in [-0.3, -0.25) is 9.59 Å². The molecule has 0 spiro atoms. The fourth-order valence-electron chi connectivity index (χ4n) is 1.49. The van der Waals surface area contributed by atoms with Gasteiger partial charge in [0, 0.05) is 17.6 Å². The van der Waals surface area contributed by atoms with Crippen LogP contribution in [0.25, 0.3) is 6.08 Å². The molecule has 0 aliphatic rings. The van der Waals surface area contributed by atoms with Crippen LogP contribution in [0.4, 0.5) is 0 Å². The van der Waals surface area contributed by atoms with Crippen molar-refractivity contribution in [1.82, 2.24) is 4.90 Å². The van der Waals surface area contributed by atoms with Crippen molar-refractivity contribution >= 4 is 29.6 Å². The first-order valence-corrected chi connectivity index (χ1v) is 6.26. The molecule has 0 saturated heterocycles. The lowest BCUT2D eigenvalue weighted by Gasteiger charge is -2.15. The highest BCUT2D eigenvalue weighted by molar-refractivity contribution is 6.31. The maximum absolute atomic E-state index is 11.8. The van der Waals surface area contributed by atoms with Gasteiger partial charge in [-0.05, 0) is 37.1 Å². The number of rotatable bonds is 5. The molecule has 0 atom stereocenters. The fraction of sp³-hybridized carbons (Fsp3) is 0.286. The quantitative estimate of drug-likeness (QED) is 0.844. The summed E-state index contributed by atoms with van der Waals surface area (Å²) in [6, 6.07) is 5.47. The molecule has 0 fully saturated rings. The third kappa shape index (κ3) is 4.75. The summed E-state index contributed by atoms with van der Waals surface area (Å²) in [5.41, 5.74) is 1.77. The van der Waals surface area contributed by atoms with Crippen molar-refractivity contribution < 1.29 is 14.7 Å². The van der Waals surface area contributed by atoms with Crippen LogP contribution in [0.15, 0.2) is 24.3 Å². The number of benzene rings is 1. The highest BCUT2D eigenvalue weighted by Crippen LogP contribution is 2.17. The Hall–Kier alpha value is -1.81. The molecule has 1 aromatic rings. The largest absolute Gasteiger partial charge is 0.480 e. The minimum absolute atomic E-state index is 0.297. The van der Waals surface area contributed by atoms with Gasteiger partial charge in [0.15, 0.2) is 0 Å². The monoisotopic (exact) mass is 281 g/mol. The topological polar surface area (TPSA) is 57.6 Å². The number of likely N-dealkylation sites (N-methyl/N-ethyl adjacent to an activating group) is 1. The first-order chi connectivity index (χ1) is 8.93. The molecule has 0 unspecified atom stereocenters. The van der Waals surface area contributed by atoms with Crippen molar-refractivity contribution in [2.45, 2.75) is 13.8 Å². The molecule has 19 heavy (non-hydrogen) atoms. The third-order valence-corrected chi connectivity index (χ3v) is 3.04. The second-order valence-electron chi connectivity index (χ2n) is 4.09. The lowest BCUT2D eigenvalue weighted by atomic mass is 10.1. The summed E-state index contributed by atoms with van der Waals surface area (Å²) in [7, 11) is 0. The Morgan fingerprint density at radius 1 is 1.42 bits per heavy atom. The Morgan fingerprint density at radius 2 is 2.11 bits per heavy atom. The van der Waals surface area contributed by atoms with E-state index in [1.165, 1.54) is 11.0 Å². The van der Waals surface area contributed by atoms with Crippen molar-refractivity contribution in [1.29, 1.82) is 0 Å². The van der Waals surface area contributed by atoms with Crippen molar-refractivity contribution in [3.05, 3.63) is 40.4 Å². The number of carboxylic acid groups (broad SMARTS) is 1. The first-order valence-electron chi connectivity index (χ1n) is 5.89. The van der Waals surface area contributed by atoms with E-state index < -0.39 is 5.97 Å². The van der Waals surface area contributed by atoms with Crippen LogP contribution in [0.3, 0.4) is 0 Å². The zero-order valence-corrected chi connectivity index (χ0v) is 11.6. The summed E-state index contributed by atoms with van der Waals surface area (Å²) < 4.78 is 0. The molecule has 1 N–H and O–H groups in total. The van der Waals surface area contributed by atoms with Gasteiger partial charge in [0.2, 0.25) is 5.91 Å². The van der Waals surface area contributed by atoms with Crippen LogP contribution < -0.4 is 0 Å². The molecule has 5 heteroatoms. The number of carboxylic acids is 1. The van der Waals surface area contributed by atoms with E-state index in [1.807, 2.05) is 19.1 Å². The van der Waals surface area contributed by atoms with Gasteiger partial charge in [0.05, 0.1) is 0 Å². The Balaban J connectivity index is 2.76. The number of carbonyl (C=O) groups is 2. The number of hydrogen-bond acceptors (Lipinski definition) is 2. The Labute approximate surface area is 117 Å². The standard InChI is InChI=1S/C14H16ClNO3/c1-3-16(9-14(18)19)13(17)7-6-11-5-4-10(2)12(15)8-11/h4-8H,3,9H2,1-2H3,(H,18,19)/b7-6+. The maximum Gasteiger partial charge on any atom is 0.323 e. The van der Waals surface area contributed by atoms with E-state index in [2.05, 4.69) is 0 Å². The number of halogens is 1. The van der Waals surface area contributed by atoms with E-state index in [9.17, 15) is 9.59 Å². The number of nitrogens with zero attached hydrogens (tertiary/aromatic N) is 1. The van der Waals surface area contributed by atoms with Crippen LogP contribution >= 0.6 is 11.6 Å². The van der Waals surface area contributed by atoms with Gasteiger partial charge in [-0.2, -0.15) is 0 Å². The minimum atomic E-state index is -1.03. The van der Waals surface area contributed by atoms with Crippen LogP contribution in [0.5, 0.6) is 0 Å². The Morgan fingerprint density at radius 3 is 2.63 bits per heavy atom. The number of amides is 1.